The van der Waals surface area contributed by atoms with Gasteiger partial charge in [-0.15, -0.1) is 0 Å². The van der Waals surface area contributed by atoms with Gasteiger partial charge in [0.15, 0.2) is 5.60 Å². The molecule has 116 valence electrons. The Morgan fingerprint density at radius 3 is 2.57 bits per heavy atom. The summed E-state index contributed by atoms with van der Waals surface area (Å²) in [6.07, 6.45) is 1.12. The molecular formula is C13H18N2O6. The third-order valence-electron chi connectivity index (χ3n) is 2.91. The molecule has 21 heavy (non-hydrogen) atoms. The first-order chi connectivity index (χ1) is 9.90. The molecule has 0 aromatic carbocycles. The third-order valence-corrected chi connectivity index (χ3v) is 2.91. The van der Waals surface area contributed by atoms with Gasteiger partial charge < -0.3 is 24.7 Å². The van der Waals surface area contributed by atoms with Crippen molar-refractivity contribution in [3.63, 3.8) is 0 Å². The maximum absolute atomic E-state index is 11.9. The first-order valence-corrected chi connectivity index (χ1v) is 6.57. The van der Waals surface area contributed by atoms with Gasteiger partial charge in [0.1, 0.15) is 6.20 Å². The molecule has 0 amide bonds. The number of nitrogens with zero attached hydrogens (tertiary/aromatic N) is 2. The Hall–Kier alpha value is -2.22. The standard InChI is InChI=1S/C13H18N2O6/c1-4-13(17,12(16)21-6-3)9-7-10(20-5-2)11(14-8-9)15(18)19/h7-8,17H,4-6H2,1-3H3. The topological polar surface area (TPSA) is 112 Å². The smallest absolute Gasteiger partial charge is 0.406 e. The minimum Gasteiger partial charge on any atom is -0.486 e. The number of hydrogen-bond donors (Lipinski definition) is 1. The van der Waals surface area contributed by atoms with Gasteiger partial charge in [-0.1, -0.05) is 6.92 Å². The van der Waals surface area contributed by atoms with Crippen molar-refractivity contribution in [2.75, 3.05) is 13.2 Å². The molecule has 1 rings (SSSR count). The fourth-order valence-corrected chi connectivity index (χ4v) is 1.78. The van der Waals surface area contributed by atoms with Crippen LogP contribution in [-0.4, -0.2) is 34.2 Å². The summed E-state index contributed by atoms with van der Waals surface area (Å²) in [6.45, 7) is 5.18. The summed E-state index contributed by atoms with van der Waals surface area (Å²) in [4.78, 5) is 25.8. The van der Waals surface area contributed by atoms with Crippen LogP contribution in [0.3, 0.4) is 0 Å². The van der Waals surface area contributed by atoms with E-state index in [2.05, 4.69) is 4.98 Å². The predicted octanol–water partition coefficient (Wildman–Crippen LogP) is 1.55. The zero-order chi connectivity index (χ0) is 16.0. The SMILES string of the molecule is CCOC(=O)C(O)(CC)c1cnc([N+](=O)[O-])c(OCC)c1. The number of carbonyl (C=O) groups excluding carboxylic acids is 1. The molecule has 1 aromatic heterocycles. The Morgan fingerprint density at radius 1 is 1.43 bits per heavy atom. The van der Waals surface area contributed by atoms with E-state index in [1.54, 1.807) is 20.8 Å². The highest BCUT2D eigenvalue weighted by atomic mass is 16.6. The predicted molar refractivity (Wildman–Crippen MR) is 72.9 cm³/mol. The molecule has 0 aliphatic carbocycles. The van der Waals surface area contributed by atoms with E-state index in [0.717, 1.165) is 6.20 Å². The highest BCUT2D eigenvalue weighted by molar-refractivity contribution is 5.81. The molecule has 0 saturated heterocycles. The second-order valence-corrected chi connectivity index (χ2v) is 4.17. The maximum Gasteiger partial charge on any atom is 0.406 e. The summed E-state index contributed by atoms with van der Waals surface area (Å²) in [6, 6.07) is 1.25. The molecular weight excluding hydrogens is 280 g/mol. The largest absolute Gasteiger partial charge is 0.486 e. The van der Waals surface area contributed by atoms with Gasteiger partial charge in [-0.3, -0.25) is 0 Å². The van der Waals surface area contributed by atoms with Gasteiger partial charge in [-0.2, -0.15) is 0 Å². The van der Waals surface area contributed by atoms with Crippen LogP contribution in [0.4, 0.5) is 5.82 Å². The van der Waals surface area contributed by atoms with Gasteiger partial charge in [-0.25, -0.2) is 4.79 Å². The molecule has 1 aromatic rings. The summed E-state index contributed by atoms with van der Waals surface area (Å²) < 4.78 is 9.99. The lowest BCUT2D eigenvalue weighted by molar-refractivity contribution is -0.390. The van der Waals surface area contributed by atoms with Crippen molar-refractivity contribution in [2.24, 2.45) is 0 Å². The van der Waals surface area contributed by atoms with Crippen molar-refractivity contribution < 1.29 is 24.3 Å². The van der Waals surface area contributed by atoms with E-state index in [4.69, 9.17) is 9.47 Å². The van der Waals surface area contributed by atoms with E-state index in [1.807, 2.05) is 0 Å². The van der Waals surface area contributed by atoms with E-state index in [9.17, 15) is 20.0 Å². The molecule has 0 aliphatic heterocycles. The first-order valence-electron chi connectivity index (χ1n) is 6.57. The highest BCUT2D eigenvalue weighted by Gasteiger charge is 2.40. The summed E-state index contributed by atoms with van der Waals surface area (Å²) in [7, 11) is 0. The van der Waals surface area contributed by atoms with E-state index < -0.39 is 22.3 Å². The molecule has 1 atom stereocenters. The average Bonchev–Trinajstić information content (AvgIpc) is 2.46. The van der Waals surface area contributed by atoms with Crippen molar-refractivity contribution in [1.82, 2.24) is 4.98 Å². The fourth-order valence-electron chi connectivity index (χ4n) is 1.78. The van der Waals surface area contributed by atoms with Gasteiger partial charge in [0.2, 0.25) is 5.75 Å². The van der Waals surface area contributed by atoms with Crippen LogP contribution in [0, 0.1) is 10.1 Å². The molecule has 0 saturated carbocycles. The molecule has 0 fully saturated rings. The van der Waals surface area contributed by atoms with Crippen LogP contribution in [0.1, 0.15) is 32.8 Å². The number of ether oxygens (including phenoxy) is 2. The maximum atomic E-state index is 11.9. The summed E-state index contributed by atoms with van der Waals surface area (Å²) in [5.41, 5.74) is -1.82. The monoisotopic (exact) mass is 298 g/mol. The van der Waals surface area contributed by atoms with Crippen LogP contribution < -0.4 is 4.74 Å². The Morgan fingerprint density at radius 2 is 2.10 bits per heavy atom. The van der Waals surface area contributed by atoms with Gasteiger partial charge in [0, 0.05) is 5.56 Å². The first kappa shape index (κ1) is 16.8. The Labute approximate surface area is 121 Å². The number of aromatic nitrogens is 1. The lowest BCUT2D eigenvalue weighted by Crippen LogP contribution is -2.37. The molecule has 8 nitrogen and oxygen atoms in total. The van der Waals surface area contributed by atoms with Crippen molar-refractivity contribution in [3.05, 3.63) is 27.9 Å². The molecule has 0 aliphatic rings. The van der Waals surface area contributed by atoms with Crippen molar-refractivity contribution >= 4 is 11.8 Å². The number of carbonyl (C=O) groups is 1. The van der Waals surface area contributed by atoms with E-state index in [1.165, 1.54) is 6.07 Å². The average molecular weight is 298 g/mol. The number of hydrogen-bond acceptors (Lipinski definition) is 7. The minimum atomic E-state index is -1.91. The Balaban J connectivity index is 3.31. The summed E-state index contributed by atoms with van der Waals surface area (Å²) >= 11 is 0. The Kier molecular flexibility index (Phi) is 5.60. The zero-order valence-electron chi connectivity index (χ0n) is 12.2. The van der Waals surface area contributed by atoms with Crippen LogP contribution in [0.25, 0.3) is 0 Å². The van der Waals surface area contributed by atoms with Gasteiger partial charge in [0.05, 0.1) is 13.2 Å². The lowest BCUT2D eigenvalue weighted by atomic mass is 9.92. The van der Waals surface area contributed by atoms with Gasteiger partial charge in [0.25, 0.3) is 0 Å². The lowest BCUT2D eigenvalue weighted by Gasteiger charge is -2.23. The van der Waals surface area contributed by atoms with E-state index in [0.29, 0.717) is 0 Å². The molecule has 1 heterocycles. The minimum absolute atomic E-state index is 0.0386. The molecule has 0 radical (unpaired) electrons. The summed E-state index contributed by atoms with van der Waals surface area (Å²) in [5, 5.41) is 21.3. The fraction of sp³-hybridized carbons (Fsp3) is 0.538. The quantitative estimate of drug-likeness (QED) is 0.461. The molecule has 0 spiro atoms. The van der Waals surface area contributed by atoms with Gasteiger partial charge >= 0.3 is 11.8 Å². The van der Waals surface area contributed by atoms with Crippen LogP contribution in [-0.2, 0) is 15.1 Å². The molecule has 1 N–H and O–H groups in total. The Bertz CT molecular complexity index is 533. The molecule has 1 unspecified atom stereocenters. The van der Waals surface area contributed by atoms with Crippen molar-refractivity contribution in [3.8, 4) is 5.75 Å². The number of nitro groups is 1. The van der Waals surface area contributed by atoms with Crippen LogP contribution >= 0.6 is 0 Å². The zero-order valence-corrected chi connectivity index (χ0v) is 12.2. The third kappa shape index (κ3) is 3.46. The van der Waals surface area contributed by atoms with Crippen LogP contribution in [0.15, 0.2) is 12.3 Å². The number of rotatable bonds is 7. The molecule has 0 bridgehead atoms. The number of aliphatic hydroxyl groups is 1. The normalized spacial score (nSPS) is 13.3. The van der Waals surface area contributed by atoms with E-state index >= 15 is 0 Å². The van der Waals surface area contributed by atoms with Crippen LogP contribution in [0.5, 0.6) is 5.75 Å². The summed E-state index contributed by atoms with van der Waals surface area (Å²) in [5.74, 6) is -1.40. The second kappa shape index (κ2) is 6.98. The van der Waals surface area contributed by atoms with Gasteiger partial charge in [-0.05, 0) is 36.2 Å². The number of pyridine rings is 1. The van der Waals surface area contributed by atoms with E-state index in [-0.39, 0.29) is 30.9 Å². The number of esters is 1. The highest BCUT2D eigenvalue weighted by Crippen LogP contribution is 2.32. The second-order valence-electron chi connectivity index (χ2n) is 4.17. The van der Waals surface area contributed by atoms with Crippen molar-refractivity contribution in [1.29, 1.82) is 0 Å². The molecule has 8 heteroatoms. The van der Waals surface area contributed by atoms with Crippen molar-refractivity contribution in [2.45, 2.75) is 32.8 Å². The van der Waals surface area contributed by atoms with Crippen LogP contribution in [0.2, 0.25) is 0 Å².